The van der Waals surface area contributed by atoms with E-state index >= 15 is 0 Å². The van der Waals surface area contributed by atoms with Crippen LogP contribution in [0.4, 0.5) is 9.18 Å². The summed E-state index contributed by atoms with van der Waals surface area (Å²) in [5.74, 6) is -0.160. The predicted octanol–water partition coefficient (Wildman–Crippen LogP) is 4.42. The summed E-state index contributed by atoms with van der Waals surface area (Å²) in [5.41, 5.74) is 0.173. The SMILES string of the molecule is COC(=O)CC(NC(=O)C1CCCN(C(=O)CCC2CCN(C(=O)OC(C)(C)C)CC2)C1)c1ccc(OCCF)cc1. The number of piperidine rings is 2. The Hall–Kier alpha value is -3.37. The fourth-order valence-corrected chi connectivity index (χ4v) is 5.38. The molecular weight excluding hydrogens is 545 g/mol. The van der Waals surface area contributed by atoms with Gasteiger partial charge in [-0.2, -0.15) is 0 Å². The Bertz CT molecular complexity index is 1050. The van der Waals surface area contributed by atoms with E-state index in [2.05, 4.69) is 5.32 Å². The fraction of sp³-hybridized carbons (Fsp3) is 0.677. The number of hydrogen-bond donors (Lipinski definition) is 1. The van der Waals surface area contributed by atoms with Crippen LogP contribution in [0.15, 0.2) is 24.3 Å². The molecule has 2 aliphatic rings. The van der Waals surface area contributed by atoms with Crippen LogP contribution < -0.4 is 10.1 Å². The van der Waals surface area contributed by atoms with Gasteiger partial charge in [-0.1, -0.05) is 12.1 Å². The van der Waals surface area contributed by atoms with Gasteiger partial charge in [0.15, 0.2) is 0 Å². The Morgan fingerprint density at radius 1 is 1.02 bits per heavy atom. The summed E-state index contributed by atoms with van der Waals surface area (Å²) in [6.07, 6.45) is 3.87. The number of nitrogens with one attached hydrogen (secondary N) is 1. The Morgan fingerprint density at radius 3 is 2.33 bits per heavy atom. The van der Waals surface area contributed by atoms with Crippen LogP contribution in [0, 0.1) is 11.8 Å². The molecule has 2 fully saturated rings. The molecule has 3 amide bonds. The molecule has 1 aromatic carbocycles. The lowest BCUT2D eigenvalue weighted by Crippen LogP contribution is -2.46. The van der Waals surface area contributed by atoms with Crippen molar-refractivity contribution >= 4 is 23.9 Å². The normalized spacial score (nSPS) is 18.6. The first-order chi connectivity index (χ1) is 20.0. The molecule has 2 saturated heterocycles. The van der Waals surface area contributed by atoms with E-state index in [1.165, 1.54) is 7.11 Å². The second-order valence-electron chi connectivity index (χ2n) is 12.1. The van der Waals surface area contributed by atoms with Crippen LogP contribution in [-0.2, 0) is 23.9 Å². The topological polar surface area (TPSA) is 114 Å². The first-order valence-corrected chi connectivity index (χ1v) is 14.9. The van der Waals surface area contributed by atoms with Crippen molar-refractivity contribution in [1.29, 1.82) is 0 Å². The third-order valence-corrected chi connectivity index (χ3v) is 7.72. The minimum absolute atomic E-state index is 0.0389. The zero-order valence-electron chi connectivity index (χ0n) is 25.4. The number of hydrogen-bond acceptors (Lipinski definition) is 7. The van der Waals surface area contributed by atoms with Crippen LogP contribution >= 0.6 is 0 Å². The van der Waals surface area contributed by atoms with E-state index < -0.39 is 24.3 Å². The number of esters is 1. The highest BCUT2D eigenvalue weighted by molar-refractivity contribution is 5.82. The maximum atomic E-state index is 13.3. The van der Waals surface area contributed by atoms with Gasteiger partial charge in [-0.3, -0.25) is 14.4 Å². The van der Waals surface area contributed by atoms with Crippen LogP contribution in [0.1, 0.15) is 77.3 Å². The molecule has 0 radical (unpaired) electrons. The Balaban J connectivity index is 1.49. The van der Waals surface area contributed by atoms with Gasteiger partial charge in [0, 0.05) is 32.6 Å². The molecule has 2 unspecified atom stereocenters. The molecular formula is C31H46FN3O7. The lowest BCUT2D eigenvalue weighted by atomic mass is 9.91. The van der Waals surface area contributed by atoms with Crippen molar-refractivity contribution in [2.75, 3.05) is 46.6 Å². The molecule has 0 bridgehead atoms. The van der Waals surface area contributed by atoms with Crippen LogP contribution in [0.2, 0.25) is 0 Å². The maximum Gasteiger partial charge on any atom is 0.410 e. The van der Waals surface area contributed by atoms with Gasteiger partial charge >= 0.3 is 12.1 Å². The molecule has 0 aromatic heterocycles. The minimum Gasteiger partial charge on any atom is -0.491 e. The third kappa shape index (κ3) is 10.5. The molecule has 0 saturated carbocycles. The largest absolute Gasteiger partial charge is 0.491 e. The molecule has 3 rings (SSSR count). The number of rotatable bonds is 11. The fourth-order valence-electron chi connectivity index (χ4n) is 5.38. The molecule has 1 N–H and O–H groups in total. The van der Waals surface area contributed by atoms with Gasteiger partial charge in [0.05, 0.1) is 25.5 Å². The standard InChI is InChI=1S/C31H46FN3O7/c1-31(2,3)42-30(39)34-17-13-22(14-18-34)7-12-27(36)35-16-5-6-24(21-35)29(38)33-26(20-28(37)40-4)23-8-10-25(11-9-23)41-19-15-32/h8-11,22,24,26H,5-7,12-21H2,1-4H3,(H,33,38). The molecule has 42 heavy (non-hydrogen) atoms. The number of ether oxygens (including phenoxy) is 3. The van der Waals surface area contributed by atoms with E-state index in [0.717, 1.165) is 25.7 Å². The van der Waals surface area contributed by atoms with Gasteiger partial charge in [-0.05, 0) is 76.5 Å². The minimum atomic E-state index is -0.613. The van der Waals surface area contributed by atoms with Gasteiger partial charge in [-0.15, -0.1) is 0 Å². The van der Waals surface area contributed by atoms with Gasteiger partial charge < -0.3 is 29.3 Å². The highest BCUT2D eigenvalue weighted by Crippen LogP contribution is 2.26. The lowest BCUT2D eigenvalue weighted by Gasteiger charge is -2.35. The van der Waals surface area contributed by atoms with Crippen molar-refractivity contribution in [3.63, 3.8) is 0 Å². The number of nitrogens with zero attached hydrogens (tertiary/aromatic N) is 2. The lowest BCUT2D eigenvalue weighted by molar-refractivity contribution is -0.141. The number of carbonyl (C=O) groups excluding carboxylic acids is 4. The first-order valence-electron chi connectivity index (χ1n) is 14.9. The smallest absolute Gasteiger partial charge is 0.410 e. The number of methoxy groups -OCH3 is 1. The summed E-state index contributed by atoms with van der Waals surface area (Å²) >= 11 is 0. The van der Waals surface area contributed by atoms with Crippen LogP contribution in [-0.4, -0.2) is 85.8 Å². The molecule has 11 heteroatoms. The predicted molar refractivity (Wildman–Crippen MR) is 154 cm³/mol. The zero-order chi connectivity index (χ0) is 30.7. The summed E-state index contributed by atoms with van der Waals surface area (Å²) in [5, 5.41) is 2.98. The van der Waals surface area contributed by atoms with E-state index in [9.17, 15) is 23.6 Å². The third-order valence-electron chi connectivity index (χ3n) is 7.72. The van der Waals surface area contributed by atoms with E-state index in [0.29, 0.717) is 56.3 Å². The Morgan fingerprint density at radius 2 is 1.71 bits per heavy atom. The molecule has 2 aliphatic heterocycles. The molecule has 1 aromatic rings. The van der Waals surface area contributed by atoms with Crippen molar-refractivity contribution in [2.45, 2.75) is 77.4 Å². The van der Waals surface area contributed by atoms with E-state index in [1.807, 2.05) is 20.8 Å². The second-order valence-corrected chi connectivity index (χ2v) is 12.1. The second kappa shape index (κ2) is 15.7. The van der Waals surface area contributed by atoms with E-state index in [-0.39, 0.29) is 36.9 Å². The summed E-state index contributed by atoms with van der Waals surface area (Å²) in [4.78, 5) is 54.3. The van der Waals surface area contributed by atoms with Gasteiger partial charge in [-0.25, -0.2) is 9.18 Å². The summed E-state index contributed by atoms with van der Waals surface area (Å²) in [6, 6.07) is 6.19. The molecule has 234 valence electrons. The van der Waals surface area contributed by atoms with Crippen molar-refractivity contribution in [3.05, 3.63) is 29.8 Å². The Kier molecular flexibility index (Phi) is 12.4. The van der Waals surface area contributed by atoms with Crippen molar-refractivity contribution in [2.24, 2.45) is 11.8 Å². The molecule has 0 aliphatic carbocycles. The van der Waals surface area contributed by atoms with Crippen LogP contribution in [0.25, 0.3) is 0 Å². The maximum absolute atomic E-state index is 13.3. The highest BCUT2D eigenvalue weighted by Gasteiger charge is 2.32. The summed E-state index contributed by atoms with van der Waals surface area (Å²) < 4.78 is 28.0. The number of halogens is 1. The molecule has 2 atom stereocenters. The first kappa shape index (κ1) is 33.1. The highest BCUT2D eigenvalue weighted by atomic mass is 19.1. The number of alkyl halides is 1. The number of benzene rings is 1. The zero-order valence-corrected chi connectivity index (χ0v) is 25.4. The van der Waals surface area contributed by atoms with Gasteiger partial charge in [0.1, 0.15) is 24.6 Å². The summed E-state index contributed by atoms with van der Waals surface area (Å²) in [7, 11) is 1.30. The molecule has 10 nitrogen and oxygen atoms in total. The number of amides is 3. The van der Waals surface area contributed by atoms with Crippen LogP contribution in [0.3, 0.4) is 0 Å². The van der Waals surface area contributed by atoms with E-state index in [4.69, 9.17) is 14.2 Å². The molecule has 0 spiro atoms. The monoisotopic (exact) mass is 591 g/mol. The van der Waals surface area contributed by atoms with Crippen molar-refractivity contribution in [3.8, 4) is 5.75 Å². The van der Waals surface area contributed by atoms with Gasteiger partial charge in [0.2, 0.25) is 11.8 Å². The Labute approximate surface area is 248 Å². The quantitative estimate of drug-likeness (QED) is 0.379. The van der Waals surface area contributed by atoms with Crippen molar-refractivity contribution < 1.29 is 37.8 Å². The van der Waals surface area contributed by atoms with Crippen molar-refractivity contribution in [1.82, 2.24) is 15.1 Å². The summed E-state index contributed by atoms with van der Waals surface area (Å²) in [6.45, 7) is 7.11. The van der Waals surface area contributed by atoms with Crippen LogP contribution in [0.5, 0.6) is 5.75 Å². The number of carbonyl (C=O) groups is 4. The van der Waals surface area contributed by atoms with Gasteiger partial charge in [0.25, 0.3) is 0 Å². The van der Waals surface area contributed by atoms with E-state index in [1.54, 1.807) is 34.1 Å². The average molecular weight is 592 g/mol. The molecule has 2 heterocycles. The number of likely N-dealkylation sites (tertiary alicyclic amines) is 2. The average Bonchev–Trinajstić information content (AvgIpc) is 2.98.